The summed E-state index contributed by atoms with van der Waals surface area (Å²) in [4.78, 5) is 12.8. The molecule has 1 atom stereocenters. The lowest BCUT2D eigenvalue weighted by atomic mass is 9.87. The van der Waals surface area contributed by atoms with Crippen LogP contribution in [0.3, 0.4) is 0 Å². The van der Waals surface area contributed by atoms with Crippen LogP contribution in [0.15, 0.2) is 42.5 Å². The molecule has 0 aliphatic heterocycles. The minimum atomic E-state index is -0.153. The molecule has 1 saturated carbocycles. The summed E-state index contributed by atoms with van der Waals surface area (Å²) >= 11 is 0. The molecular weight excluding hydrogens is 358 g/mol. The van der Waals surface area contributed by atoms with Gasteiger partial charge in [0.05, 0.1) is 6.04 Å². The molecule has 29 heavy (non-hydrogen) atoms. The summed E-state index contributed by atoms with van der Waals surface area (Å²) in [6.07, 6.45) is 10.6. The van der Waals surface area contributed by atoms with E-state index in [0.29, 0.717) is 13.1 Å². The normalized spacial score (nSPS) is 16.0. The predicted octanol–water partition coefficient (Wildman–Crippen LogP) is 4.51. The lowest BCUT2D eigenvalue weighted by Crippen LogP contribution is -2.44. The molecule has 0 spiro atoms. The molecule has 0 aromatic heterocycles. The van der Waals surface area contributed by atoms with Gasteiger partial charge in [0.2, 0.25) is 5.91 Å². The molecular formula is C25H37N3O. The Balaban J connectivity index is 1.51. The maximum atomic E-state index is 12.8. The standard InChI is InChI=1S/C25H37N3O/c26-16-7-6-12-24(25(29)27-17-15-20-8-2-1-3-9-20)28-19-21-13-14-22-10-4-5-11-23(22)18-21/h4-5,10-11,13-14,18,20,24,28H,1-3,6-9,12,15-17,19,26H2,(H,27,29)/t24-/m0/s1. The van der Waals surface area contributed by atoms with Crippen molar-refractivity contribution in [2.24, 2.45) is 11.7 Å². The highest BCUT2D eigenvalue weighted by atomic mass is 16.2. The van der Waals surface area contributed by atoms with Crippen LogP contribution in [0.4, 0.5) is 0 Å². The van der Waals surface area contributed by atoms with E-state index in [4.69, 9.17) is 5.73 Å². The second-order valence-corrected chi connectivity index (χ2v) is 8.48. The van der Waals surface area contributed by atoms with Gasteiger partial charge in [-0.05, 0) is 54.1 Å². The summed E-state index contributed by atoms with van der Waals surface area (Å²) in [7, 11) is 0. The molecule has 3 rings (SSSR count). The monoisotopic (exact) mass is 395 g/mol. The van der Waals surface area contributed by atoms with Gasteiger partial charge in [-0.25, -0.2) is 0 Å². The number of hydrogen-bond donors (Lipinski definition) is 3. The van der Waals surface area contributed by atoms with Crippen LogP contribution in [0.2, 0.25) is 0 Å². The molecule has 4 nitrogen and oxygen atoms in total. The second kappa shape index (κ2) is 11.9. The molecule has 1 aliphatic rings. The van der Waals surface area contributed by atoms with Gasteiger partial charge in [-0.2, -0.15) is 0 Å². The topological polar surface area (TPSA) is 67.1 Å². The third kappa shape index (κ3) is 7.13. The third-order valence-electron chi connectivity index (χ3n) is 6.21. The number of fused-ring (bicyclic) bond motifs is 1. The molecule has 2 aromatic carbocycles. The van der Waals surface area contributed by atoms with Gasteiger partial charge < -0.3 is 16.4 Å². The van der Waals surface area contributed by atoms with Gasteiger partial charge in [-0.3, -0.25) is 4.79 Å². The summed E-state index contributed by atoms with van der Waals surface area (Å²) in [5.74, 6) is 0.934. The molecule has 1 fully saturated rings. The number of nitrogens with two attached hydrogens (primary N) is 1. The number of amides is 1. The average Bonchev–Trinajstić information content (AvgIpc) is 2.76. The Morgan fingerprint density at radius 2 is 1.83 bits per heavy atom. The fourth-order valence-electron chi connectivity index (χ4n) is 4.41. The Hall–Kier alpha value is -1.91. The molecule has 1 amide bonds. The molecule has 4 N–H and O–H groups in total. The van der Waals surface area contributed by atoms with Crippen molar-refractivity contribution >= 4 is 16.7 Å². The molecule has 158 valence electrons. The van der Waals surface area contributed by atoms with Crippen molar-refractivity contribution in [1.29, 1.82) is 0 Å². The third-order valence-corrected chi connectivity index (χ3v) is 6.21. The van der Waals surface area contributed by atoms with E-state index in [1.165, 1.54) is 48.4 Å². The summed E-state index contributed by atoms with van der Waals surface area (Å²) in [5, 5.41) is 9.17. The van der Waals surface area contributed by atoms with Crippen LogP contribution in [-0.2, 0) is 11.3 Å². The zero-order chi connectivity index (χ0) is 20.3. The van der Waals surface area contributed by atoms with Crippen molar-refractivity contribution in [3.63, 3.8) is 0 Å². The van der Waals surface area contributed by atoms with Gasteiger partial charge in [-0.15, -0.1) is 0 Å². The highest BCUT2D eigenvalue weighted by Crippen LogP contribution is 2.25. The largest absolute Gasteiger partial charge is 0.355 e. The van der Waals surface area contributed by atoms with Crippen molar-refractivity contribution < 1.29 is 4.79 Å². The first-order valence-electron chi connectivity index (χ1n) is 11.4. The predicted molar refractivity (Wildman–Crippen MR) is 122 cm³/mol. The lowest BCUT2D eigenvalue weighted by molar-refractivity contribution is -0.123. The van der Waals surface area contributed by atoms with Gasteiger partial charge in [0.15, 0.2) is 0 Å². The van der Waals surface area contributed by atoms with Crippen molar-refractivity contribution in [3.8, 4) is 0 Å². The molecule has 0 unspecified atom stereocenters. The summed E-state index contributed by atoms with van der Waals surface area (Å²) in [5.41, 5.74) is 6.86. The number of benzene rings is 2. The first-order chi connectivity index (χ1) is 14.3. The summed E-state index contributed by atoms with van der Waals surface area (Å²) < 4.78 is 0. The van der Waals surface area contributed by atoms with Gasteiger partial charge in [0.25, 0.3) is 0 Å². The van der Waals surface area contributed by atoms with E-state index in [0.717, 1.165) is 38.1 Å². The van der Waals surface area contributed by atoms with E-state index < -0.39 is 0 Å². The number of nitrogens with one attached hydrogen (secondary N) is 2. The van der Waals surface area contributed by atoms with Crippen LogP contribution >= 0.6 is 0 Å². The van der Waals surface area contributed by atoms with Crippen molar-refractivity contribution in [3.05, 3.63) is 48.0 Å². The number of carbonyl (C=O) groups excluding carboxylic acids is 1. The van der Waals surface area contributed by atoms with Crippen LogP contribution in [0.1, 0.15) is 63.4 Å². The second-order valence-electron chi connectivity index (χ2n) is 8.48. The number of unbranched alkanes of at least 4 members (excludes halogenated alkanes) is 1. The first-order valence-corrected chi connectivity index (χ1v) is 11.4. The molecule has 0 bridgehead atoms. The molecule has 0 saturated heterocycles. The Labute approximate surface area is 175 Å². The quantitative estimate of drug-likeness (QED) is 0.490. The van der Waals surface area contributed by atoms with E-state index in [9.17, 15) is 4.79 Å². The van der Waals surface area contributed by atoms with Crippen LogP contribution in [-0.4, -0.2) is 25.0 Å². The van der Waals surface area contributed by atoms with Crippen LogP contribution in [0.25, 0.3) is 10.8 Å². The fraction of sp³-hybridized carbons (Fsp3) is 0.560. The number of rotatable bonds is 11. The van der Waals surface area contributed by atoms with Crippen LogP contribution < -0.4 is 16.4 Å². The van der Waals surface area contributed by atoms with E-state index in [-0.39, 0.29) is 11.9 Å². The molecule has 0 radical (unpaired) electrons. The van der Waals surface area contributed by atoms with Gasteiger partial charge in [0, 0.05) is 13.1 Å². The fourth-order valence-corrected chi connectivity index (χ4v) is 4.41. The Morgan fingerprint density at radius 1 is 1.03 bits per heavy atom. The molecule has 1 aliphatic carbocycles. The van der Waals surface area contributed by atoms with E-state index >= 15 is 0 Å². The van der Waals surface area contributed by atoms with Crippen LogP contribution in [0.5, 0.6) is 0 Å². The highest BCUT2D eigenvalue weighted by Gasteiger charge is 2.18. The van der Waals surface area contributed by atoms with Gasteiger partial charge in [-0.1, -0.05) is 74.9 Å². The van der Waals surface area contributed by atoms with Crippen molar-refractivity contribution in [2.45, 2.75) is 70.4 Å². The Bertz CT molecular complexity index is 755. The van der Waals surface area contributed by atoms with Crippen LogP contribution in [0, 0.1) is 5.92 Å². The maximum Gasteiger partial charge on any atom is 0.237 e. The SMILES string of the molecule is NCCCC[C@H](NCc1ccc2ccccc2c1)C(=O)NCCC1CCCCC1. The van der Waals surface area contributed by atoms with E-state index in [1.54, 1.807) is 0 Å². The summed E-state index contributed by atoms with van der Waals surface area (Å²) in [6.45, 7) is 2.18. The smallest absolute Gasteiger partial charge is 0.237 e. The highest BCUT2D eigenvalue weighted by molar-refractivity contribution is 5.83. The molecule has 4 heteroatoms. The minimum absolute atomic E-state index is 0.138. The van der Waals surface area contributed by atoms with Crippen molar-refractivity contribution in [2.75, 3.05) is 13.1 Å². The number of hydrogen-bond acceptors (Lipinski definition) is 3. The van der Waals surface area contributed by atoms with E-state index in [1.807, 2.05) is 0 Å². The number of carbonyl (C=O) groups is 1. The van der Waals surface area contributed by atoms with Crippen molar-refractivity contribution in [1.82, 2.24) is 10.6 Å². The average molecular weight is 396 g/mol. The van der Waals surface area contributed by atoms with Gasteiger partial charge in [0.1, 0.15) is 0 Å². The zero-order valence-electron chi connectivity index (χ0n) is 17.7. The lowest BCUT2D eigenvalue weighted by Gasteiger charge is -2.23. The molecule has 2 aromatic rings. The maximum absolute atomic E-state index is 12.8. The Kier molecular flexibility index (Phi) is 8.97. The molecule has 0 heterocycles. The minimum Gasteiger partial charge on any atom is -0.355 e. The van der Waals surface area contributed by atoms with E-state index in [2.05, 4.69) is 53.1 Å². The Morgan fingerprint density at radius 3 is 2.62 bits per heavy atom. The first kappa shape index (κ1) is 21.8. The zero-order valence-corrected chi connectivity index (χ0v) is 17.7. The van der Waals surface area contributed by atoms with Gasteiger partial charge >= 0.3 is 0 Å². The summed E-state index contributed by atoms with van der Waals surface area (Å²) in [6, 6.07) is 14.7.